The summed E-state index contributed by atoms with van der Waals surface area (Å²) in [6, 6.07) is 9.70. The number of hydrogen-bond acceptors (Lipinski definition) is 4. The Morgan fingerprint density at radius 3 is 2.53 bits per heavy atom. The first-order chi connectivity index (χ1) is 8.22. The molecule has 1 heterocycles. The molecule has 0 amide bonds. The van der Waals surface area contributed by atoms with Gasteiger partial charge in [-0.2, -0.15) is 4.98 Å². The number of aromatic nitrogens is 2. The van der Waals surface area contributed by atoms with Gasteiger partial charge in [-0.1, -0.05) is 35.5 Å². The first-order valence-electron chi connectivity index (χ1n) is 5.27. The van der Waals surface area contributed by atoms with Crippen molar-refractivity contribution in [1.82, 2.24) is 10.1 Å². The third-order valence-corrected chi connectivity index (χ3v) is 2.57. The zero-order valence-corrected chi connectivity index (χ0v) is 10.4. The molecule has 0 fully saturated rings. The van der Waals surface area contributed by atoms with Gasteiger partial charge in [-0.15, -0.1) is 11.6 Å². The van der Waals surface area contributed by atoms with Gasteiger partial charge in [-0.25, -0.2) is 0 Å². The molecule has 0 aliphatic carbocycles. The van der Waals surface area contributed by atoms with E-state index in [2.05, 4.69) is 10.1 Å². The molecule has 0 saturated heterocycles. The van der Waals surface area contributed by atoms with Crippen molar-refractivity contribution in [2.45, 2.75) is 18.4 Å². The van der Waals surface area contributed by atoms with Crippen LogP contribution < -0.4 is 0 Å². The Kier molecular flexibility index (Phi) is 3.76. The minimum atomic E-state index is -0.354. The van der Waals surface area contributed by atoms with E-state index < -0.39 is 0 Å². The molecule has 0 N–H and O–H groups in total. The first kappa shape index (κ1) is 12.1. The monoisotopic (exact) mass is 252 g/mol. The lowest BCUT2D eigenvalue weighted by Crippen LogP contribution is -2.04. The van der Waals surface area contributed by atoms with Gasteiger partial charge in [-0.05, 0) is 12.5 Å². The Morgan fingerprint density at radius 1 is 1.29 bits per heavy atom. The summed E-state index contributed by atoms with van der Waals surface area (Å²) in [5, 5.41) is 3.53. The smallest absolute Gasteiger partial charge is 0.260 e. The number of benzene rings is 1. The number of methoxy groups -OCH3 is 1. The maximum Gasteiger partial charge on any atom is 0.260 e. The van der Waals surface area contributed by atoms with E-state index in [0.717, 1.165) is 5.56 Å². The standard InChI is InChI=1S/C12H13ClN2O2/c1-8(13)11-14-12(17-15-11)10(16-2)9-6-4-3-5-7-9/h3-8,10H,1-2H3. The van der Waals surface area contributed by atoms with Gasteiger partial charge in [0.2, 0.25) is 0 Å². The summed E-state index contributed by atoms with van der Waals surface area (Å²) in [7, 11) is 1.60. The molecule has 0 bridgehead atoms. The molecule has 0 radical (unpaired) electrons. The van der Waals surface area contributed by atoms with E-state index in [1.54, 1.807) is 14.0 Å². The van der Waals surface area contributed by atoms with Crippen LogP contribution in [0.25, 0.3) is 0 Å². The van der Waals surface area contributed by atoms with Crippen molar-refractivity contribution in [3.8, 4) is 0 Å². The van der Waals surface area contributed by atoms with Crippen molar-refractivity contribution in [3.05, 3.63) is 47.6 Å². The summed E-state index contributed by atoms with van der Waals surface area (Å²) < 4.78 is 10.5. The van der Waals surface area contributed by atoms with Crippen molar-refractivity contribution < 1.29 is 9.26 Å². The third-order valence-electron chi connectivity index (χ3n) is 2.38. The summed E-state index contributed by atoms with van der Waals surface area (Å²) in [5.74, 6) is 0.890. The average molecular weight is 253 g/mol. The zero-order chi connectivity index (χ0) is 12.3. The summed E-state index contributed by atoms with van der Waals surface area (Å²) in [4.78, 5) is 4.22. The van der Waals surface area contributed by atoms with Crippen molar-refractivity contribution in [1.29, 1.82) is 0 Å². The predicted molar refractivity (Wildman–Crippen MR) is 63.9 cm³/mol. The predicted octanol–water partition coefficient (Wildman–Crippen LogP) is 3.11. The van der Waals surface area contributed by atoms with Gasteiger partial charge in [0.1, 0.15) is 0 Å². The van der Waals surface area contributed by atoms with Crippen LogP contribution in [0.3, 0.4) is 0 Å². The molecule has 0 saturated carbocycles. The van der Waals surface area contributed by atoms with E-state index in [1.807, 2.05) is 30.3 Å². The highest BCUT2D eigenvalue weighted by Gasteiger charge is 2.21. The highest BCUT2D eigenvalue weighted by molar-refractivity contribution is 6.20. The largest absolute Gasteiger partial charge is 0.367 e. The fourth-order valence-corrected chi connectivity index (χ4v) is 1.61. The Hall–Kier alpha value is -1.39. The minimum Gasteiger partial charge on any atom is -0.367 e. The van der Waals surface area contributed by atoms with Gasteiger partial charge in [-0.3, -0.25) is 0 Å². The van der Waals surface area contributed by atoms with Crippen LogP contribution in [-0.4, -0.2) is 17.3 Å². The second-order valence-electron chi connectivity index (χ2n) is 3.63. The zero-order valence-electron chi connectivity index (χ0n) is 9.63. The summed E-state index contributed by atoms with van der Waals surface area (Å²) in [6.07, 6.45) is -0.354. The molecule has 1 aromatic carbocycles. The van der Waals surface area contributed by atoms with Crippen LogP contribution in [0.1, 0.15) is 35.7 Å². The SMILES string of the molecule is COC(c1ccccc1)c1nc(C(C)Cl)no1. The Morgan fingerprint density at radius 2 is 2.00 bits per heavy atom. The van der Waals surface area contributed by atoms with Crippen LogP contribution in [-0.2, 0) is 4.74 Å². The maximum absolute atomic E-state index is 5.88. The van der Waals surface area contributed by atoms with Gasteiger partial charge in [0, 0.05) is 7.11 Å². The summed E-state index contributed by atoms with van der Waals surface area (Å²) in [5.41, 5.74) is 0.965. The van der Waals surface area contributed by atoms with Crippen LogP contribution in [0.5, 0.6) is 0 Å². The van der Waals surface area contributed by atoms with E-state index in [0.29, 0.717) is 11.7 Å². The average Bonchev–Trinajstić information content (AvgIpc) is 2.81. The molecule has 2 atom stereocenters. The molecule has 1 aromatic heterocycles. The molecule has 2 aromatic rings. The normalized spacial score (nSPS) is 14.5. The van der Waals surface area contributed by atoms with Gasteiger partial charge in [0.25, 0.3) is 5.89 Å². The lowest BCUT2D eigenvalue weighted by atomic mass is 10.1. The molecule has 2 rings (SSSR count). The van der Waals surface area contributed by atoms with Gasteiger partial charge in [0.15, 0.2) is 11.9 Å². The molecule has 0 aliphatic heterocycles. The number of rotatable bonds is 4. The molecule has 90 valence electrons. The van der Waals surface area contributed by atoms with Crippen molar-refractivity contribution in [2.24, 2.45) is 0 Å². The highest BCUT2D eigenvalue weighted by Crippen LogP contribution is 2.25. The van der Waals surface area contributed by atoms with Crippen LogP contribution in [0.15, 0.2) is 34.9 Å². The number of nitrogens with zero attached hydrogens (tertiary/aromatic N) is 2. The fraction of sp³-hybridized carbons (Fsp3) is 0.333. The summed E-state index contributed by atoms with van der Waals surface area (Å²) in [6.45, 7) is 1.79. The number of hydrogen-bond donors (Lipinski definition) is 0. The molecule has 2 unspecified atom stereocenters. The Labute approximate surface area is 105 Å². The minimum absolute atomic E-state index is 0.277. The van der Waals surface area contributed by atoms with E-state index in [9.17, 15) is 0 Å². The van der Waals surface area contributed by atoms with Gasteiger partial charge < -0.3 is 9.26 Å². The van der Waals surface area contributed by atoms with Gasteiger partial charge >= 0.3 is 0 Å². The van der Waals surface area contributed by atoms with E-state index in [-0.39, 0.29) is 11.5 Å². The van der Waals surface area contributed by atoms with Crippen molar-refractivity contribution >= 4 is 11.6 Å². The number of alkyl halides is 1. The number of halogens is 1. The highest BCUT2D eigenvalue weighted by atomic mass is 35.5. The Balaban J connectivity index is 2.29. The van der Waals surface area contributed by atoms with E-state index >= 15 is 0 Å². The van der Waals surface area contributed by atoms with Gasteiger partial charge in [0.05, 0.1) is 5.38 Å². The fourth-order valence-electron chi connectivity index (χ4n) is 1.52. The lowest BCUT2D eigenvalue weighted by molar-refractivity contribution is 0.105. The second kappa shape index (κ2) is 5.29. The third kappa shape index (κ3) is 2.65. The Bertz CT molecular complexity index is 470. The molecule has 0 spiro atoms. The van der Waals surface area contributed by atoms with Crippen LogP contribution >= 0.6 is 11.6 Å². The molecule has 5 heteroatoms. The number of ether oxygens (including phenoxy) is 1. The second-order valence-corrected chi connectivity index (χ2v) is 4.29. The molecule has 4 nitrogen and oxygen atoms in total. The molecule has 17 heavy (non-hydrogen) atoms. The van der Waals surface area contributed by atoms with E-state index in [4.69, 9.17) is 20.9 Å². The topological polar surface area (TPSA) is 48.2 Å². The van der Waals surface area contributed by atoms with Crippen LogP contribution in [0.4, 0.5) is 0 Å². The van der Waals surface area contributed by atoms with Crippen molar-refractivity contribution in [3.63, 3.8) is 0 Å². The van der Waals surface area contributed by atoms with E-state index in [1.165, 1.54) is 0 Å². The molecule has 0 aliphatic rings. The maximum atomic E-state index is 5.88. The molecular weight excluding hydrogens is 240 g/mol. The lowest BCUT2D eigenvalue weighted by Gasteiger charge is -2.10. The first-order valence-corrected chi connectivity index (χ1v) is 5.71. The van der Waals surface area contributed by atoms with Crippen LogP contribution in [0, 0.1) is 0 Å². The quantitative estimate of drug-likeness (QED) is 0.785. The molecular formula is C12H13ClN2O2. The summed E-state index contributed by atoms with van der Waals surface area (Å²) >= 11 is 5.88. The van der Waals surface area contributed by atoms with Crippen LogP contribution in [0.2, 0.25) is 0 Å². The van der Waals surface area contributed by atoms with Crippen molar-refractivity contribution in [2.75, 3.05) is 7.11 Å².